The highest BCUT2D eigenvalue weighted by atomic mass is 16.5. The molecule has 0 N–H and O–H groups in total. The fraction of sp³-hybridized carbons (Fsp3) is 0.222. The summed E-state index contributed by atoms with van der Waals surface area (Å²) in [5.41, 5.74) is 5.14. The van der Waals surface area contributed by atoms with E-state index in [9.17, 15) is 4.79 Å². The minimum absolute atomic E-state index is 0.0393. The molecule has 0 aliphatic carbocycles. The van der Waals surface area contributed by atoms with Crippen LogP contribution in [0.25, 0.3) is 22.3 Å². The molecule has 2 aromatic heterocycles. The highest BCUT2D eigenvalue weighted by molar-refractivity contribution is 6.07. The molecule has 2 aromatic carbocycles. The van der Waals surface area contributed by atoms with Gasteiger partial charge in [-0.2, -0.15) is 0 Å². The summed E-state index contributed by atoms with van der Waals surface area (Å²) in [5.74, 6) is -0.0393. The van der Waals surface area contributed by atoms with Gasteiger partial charge in [0.15, 0.2) is 0 Å². The van der Waals surface area contributed by atoms with Crippen LogP contribution in [0.1, 0.15) is 15.9 Å². The molecule has 4 aromatic rings. The summed E-state index contributed by atoms with van der Waals surface area (Å²) in [5, 5.41) is 0.843. The lowest BCUT2D eigenvalue weighted by molar-refractivity contribution is 0.0786. The third-order valence-corrected chi connectivity index (χ3v) is 5.97. The van der Waals surface area contributed by atoms with Crippen LogP contribution in [0.15, 0.2) is 79.0 Å². The second kappa shape index (κ2) is 9.38. The second-order valence-electron chi connectivity index (χ2n) is 8.18. The molecule has 1 amide bonds. The number of rotatable bonds is 5. The fourth-order valence-electron chi connectivity index (χ4n) is 4.29. The molecular formula is C27H26N4O2. The summed E-state index contributed by atoms with van der Waals surface area (Å²) in [7, 11) is 1.86. The van der Waals surface area contributed by atoms with Crippen molar-refractivity contribution in [3.05, 3.63) is 90.1 Å². The molecule has 33 heavy (non-hydrogen) atoms. The van der Waals surface area contributed by atoms with Gasteiger partial charge in [-0.05, 0) is 35.9 Å². The number of nitrogens with zero attached hydrogens (tertiary/aromatic N) is 4. The van der Waals surface area contributed by atoms with Gasteiger partial charge < -0.3 is 14.5 Å². The number of amides is 1. The standard InChI is InChI=1S/C27H26N4O2/c1-30(19-20-8-2-5-12-26(20)31-14-16-33-17-15-31)27(32)22-18-25(24-11-6-7-13-28-24)29-23-10-4-3-9-21(22)23/h2-13,18H,14-17,19H2,1H3. The van der Waals surface area contributed by atoms with Crippen LogP contribution in [0.4, 0.5) is 5.69 Å². The lowest BCUT2D eigenvalue weighted by Crippen LogP contribution is -2.37. The maximum atomic E-state index is 13.7. The highest BCUT2D eigenvalue weighted by Crippen LogP contribution is 2.27. The van der Waals surface area contributed by atoms with E-state index in [1.807, 2.05) is 67.7 Å². The molecule has 166 valence electrons. The Bertz CT molecular complexity index is 1270. The number of para-hydroxylation sites is 2. The molecule has 0 bridgehead atoms. The third kappa shape index (κ3) is 4.43. The zero-order valence-electron chi connectivity index (χ0n) is 18.6. The second-order valence-corrected chi connectivity index (χ2v) is 8.18. The van der Waals surface area contributed by atoms with Gasteiger partial charge in [0, 0.05) is 44.0 Å². The van der Waals surface area contributed by atoms with E-state index in [1.54, 1.807) is 11.1 Å². The maximum absolute atomic E-state index is 13.7. The number of pyridine rings is 2. The number of hydrogen-bond acceptors (Lipinski definition) is 5. The van der Waals surface area contributed by atoms with Gasteiger partial charge in [-0.3, -0.25) is 9.78 Å². The summed E-state index contributed by atoms with van der Waals surface area (Å²) in [4.78, 5) is 27.0. The summed E-state index contributed by atoms with van der Waals surface area (Å²) in [6.45, 7) is 3.68. The molecule has 1 aliphatic heterocycles. The Morgan fingerprint density at radius 1 is 0.970 bits per heavy atom. The van der Waals surface area contributed by atoms with E-state index in [-0.39, 0.29) is 5.91 Å². The Labute approximate surface area is 193 Å². The number of morpholine rings is 1. The minimum Gasteiger partial charge on any atom is -0.378 e. The molecule has 0 radical (unpaired) electrons. The molecule has 0 unspecified atom stereocenters. The van der Waals surface area contributed by atoms with E-state index in [0.717, 1.165) is 54.2 Å². The average molecular weight is 439 g/mol. The number of hydrogen-bond donors (Lipinski definition) is 0. The van der Waals surface area contributed by atoms with Crippen molar-refractivity contribution in [2.45, 2.75) is 6.54 Å². The van der Waals surface area contributed by atoms with Crippen molar-refractivity contribution in [2.24, 2.45) is 0 Å². The van der Waals surface area contributed by atoms with Crippen LogP contribution in [0.5, 0.6) is 0 Å². The first-order chi connectivity index (χ1) is 16.2. The number of fused-ring (bicyclic) bond motifs is 1. The van der Waals surface area contributed by atoms with Crippen molar-refractivity contribution in [2.75, 3.05) is 38.3 Å². The van der Waals surface area contributed by atoms with Gasteiger partial charge in [0.1, 0.15) is 0 Å². The molecule has 0 saturated carbocycles. The van der Waals surface area contributed by atoms with Crippen LogP contribution in [0.3, 0.4) is 0 Å². The number of aromatic nitrogens is 2. The zero-order valence-corrected chi connectivity index (χ0v) is 18.6. The smallest absolute Gasteiger partial charge is 0.254 e. The molecule has 1 aliphatic rings. The summed E-state index contributed by atoms with van der Waals surface area (Å²) < 4.78 is 5.51. The number of carbonyl (C=O) groups is 1. The number of anilines is 1. The van der Waals surface area contributed by atoms with Crippen molar-refractivity contribution in [1.29, 1.82) is 0 Å². The normalized spacial score (nSPS) is 13.8. The van der Waals surface area contributed by atoms with E-state index < -0.39 is 0 Å². The van der Waals surface area contributed by atoms with Crippen LogP contribution in [0, 0.1) is 0 Å². The quantitative estimate of drug-likeness (QED) is 0.462. The Balaban J connectivity index is 1.48. The number of benzene rings is 2. The van der Waals surface area contributed by atoms with E-state index in [2.05, 4.69) is 22.0 Å². The largest absolute Gasteiger partial charge is 0.378 e. The van der Waals surface area contributed by atoms with Gasteiger partial charge in [0.2, 0.25) is 0 Å². The summed E-state index contributed by atoms with van der Waals surface area (Å²) in [6, 6.07) is 23.6. The highest BCUT2D eigenvalue weighted by Gasteiger charge is 2.20. The SMILES string of the molecule is CN(Cc1ccccc1N1CCOCC1)C(=O)c1cc(-c2ccccn2)nc2ccccc12. The molecule has 5 rings (SSSR count). The lowest BCUT2D eigenvalue weighted by atomic mass is 10.0. The molecule has 0 spiro atoms. The first-order valence-electron chi connectivity index (χ1n) is 11.2. The van der Waals surface area contributed by atoms with Gasteiger partial charge in [-0.15, -0.1) is 0 Å². The lowest BCUT2D eigenvalue weighted by Gasteiger charge is -2.31. The van der Waals surface area contributed by atoms with Crippen molar-refractivity contribution in [1.82, 2.24) is 14.9 Å². The van der Waals surface area contributed by atoms with Crippen LogP contribution in [-0.2, 0) is 11.3 Å². The number of ether oxygens (including phenoxy) is 1. The maximum Gasteiger partial charge on any atom is 0.254 e. The molecule has 1 fully saturated rings. The molecule has 6 heteroatoms. The monoisotopic (exact) mass is 438 g/mol. The molecule has 6 nitrogen and oxygen atoms in total. The minimum atomic E-state index is -0.0393. The van der Waals surface area contributed by atoms with Gasteiger partial charge >= 0.3 is 0 Å². The van der Waals surface area contributed by atoms with Gasteiger partial charge in [-0.25, -0.2) is 4.98 Å². The van der Waals surface area contributed by atoms with Gasteiger partial charge in [0.05, 0.1) is 35.7 Å². The van der Waals surface area contributed by atoms with Crippen molar-refractivity contribution >= 4 is 22.5 Å². The van der Waals surface area contributed by atoms with Crippen LogP contribution < -0.4 is 4.90 Å². The molecule has 1 saturated heterocycles. The summed E-state index contributed by atoms with van der Waals surface area (Å²) >= 11 is 0. The van der Waals surface area contributed by atoms with E-state index >= 15 is 0 Å². The van der Waals surface area contributed by atoms with Crippen molar-refractivity contribution < 1.29 is 9.53 Å². The summed E-state index contributed by atoms with van der Waals surface area (Å²) in [6.07, 6.45) is 1.74. The van der Waals surface area contributed by atoms with Crippen LogP contribution >= 0.6 is 0 Å². The molecular weight excluding hydrogens is 412 g/mol. The molecule has 0 atom stereocenters. The predicted octanol–water partition coefficient (Wildman–Crippen LogP) is 4.41. The topological polar surface area (TPSA) is 58.6 Å². The Morgan fingerprint density at radius 3 is 2.55 bits per heavy atom. The fourth-order valence-corrected chi connectivity index (χ4v) is 4.29. The van der Waals surface area contributed by atoms with Crippen molar-refractivity contribution in [3.63, 3.8) is 0 Å². The van der Waals surface area contributed by atoms with Crippen molar-refractivity contribution in [3.8, 4) is 11.4 Å². The van der Waals surface area contributed by atoms with E-state index in [4.69, 9.17) is 9.72 Å². The van der Waals surface area contributed by atoms with Crippen LogP contribution in [-0.4, -0.2) is 54.1 Å². The van der Waals surface area contributed by atoms with Crippen LogP contribution in [0.2, 0.25) is 0 Å². The van der Waals surface area contributed by atoms with E-state index in [0.29, 0.717) is 17.8 Å². The Morgan fingerprint density at radius 2 is 1.73 bits per heavy atom. The zero-order chi connectivity index (χ0) is 22.6. The van der Waals surface area contributed by atoms with Gasteiger partial charge in [-0.1, -0.05) is 42.5 Å². The first-order valence-corrected chi connectivity index (χ1v) is 11.2. The Hall–Kier alpha value is -3.77. The van der Waals surface area contributed by atoms with E-state index in [1.165, 1.54) is 0 Å². The van der Waals surface area contributed by atoms with Gasteiger partial charge in [0.25, 0.3) is 5.91 Å². The first kappa shape index (κ1) is 21.1. The predicted molar refractivity (Wildman–Crippen MR) is 130 cm³/mol. The average Bonchev–Trinajstić information content (AvgIpc) is 2.89. The Kier molecular flexibility index (Phi) is 6.00. The molecule has 3 heterocycles. The number of carbonyl (C=O) groups excluding carboxylic acids is 1. The third-order valence-electron chi connectivity index (χ3n) is 5.97.